The van der Waals surface area contributed by atoms with E-state index < -0.39 is 0 Å². The molecule has 0 atom stereocenters. The van der Waals surface area contributed by atoms with Crippen LogP contribution >= 0.6 is 0 Å². The van der Waals surface area contributed by atoms with Crippen molar-refractivity contribution in [2.45, 2.75) is 71.6 Å². The van der Waals surface area contributed by atoms with Crippen molar-refractivity contribution in [1.29, 1.82) is 0 Å². The molecule has 0 bridgehead atoms. The third kappa shape index (κ3) is 6.56. The van der Waals surface area contributed by atoms with Crippen LogP contribution in [-0.4, -0.2) is 13.2 Å². The van der Waals surface area contributed by atoms with Gasteiger partial charge in [-0.05, 0) is 88.0 Å². The average molecular weight is 519 g/mol. The zero-order valence-corrected chi connectivity index (χ0v) is 23.7. The second-order valence-electron chi connectivity index (χ2n) is 10.7. The standard InChI is InChI=1S/C37H42O2/c1-3-5-7-11-25-38-31-19-15-28(16-20-31)34-23-24-35-33-14-10-9-13-30(33)27-36(35)37(34)29-17-21-32(22-18-29)39-26-12-8-6-4-2/h9-10,13-24H,3-8,11-12,25-27H2,1-2H3. The van der Waals surface area contributed by atoms with Crippen LogP contribution in [0.2, 0.25) is 0 Å². The van der Waals surface area contributed by atoms with Crippen LogP contribution in [0.3, 0.4) is 0 Å². The van der Waals surface area contributed by atoms with Crippen molar-refractivity contribution >= 4 is 0 Å². The highest BCUT2D eigenvalue weighted by molar-refractivity contribution is 5.93. The molecule has 0 unspecified atom stereocenters. The van der Waals surface area contributed by atoms with Crippen LogP contribution in [0.1, 0.15) is 76.3 Å². The van der Waals surface area contributed by atoms with Gasteiger partial charge in [0, 0.05) is 0 Å². The third-order valence-corrected chi connectivity index (χ3v) is 7.83. The number of fused-ring (bicyclic) bond motifs is 3. The van der Waals surface area contributed by atoms with Gasteiger partial charge in [0.15, 0.2) is 0 Å². The second-order valence-corrected chi connectivity index (χ2v) is 10.7. The zero-order chi connectivity index (χ0) is 26.9. The van der Waals surface area contributed by atoms with Crippen molar-refractivity contribution in [3.8, 4) is 44.9 Å². The molecule has 2 heteroatoms. The molecule has 5 rings (SSSR count). The van der Waals surface area contributed by atoms with E-state index in [1.54, 1.807) is 0 Å². The molecule has 0 heterocycles. The van der Waals surface area contributed by atoms with E-state index in [0.29, 0.717) is 0 Å². The lowest BCUT2D eigenvalue weighted by atomic mass is 9.88. The van der Waals surface area contributed by atoms with Crippen LogP contribution in [0, 0.1) is 0 Å². The van der Waals surface area contributed by atoms with E-state index in [0.717, 1.165) is 44.0 Å². The molecular weight excluding hydrogens is 476 g/mol. The SMILES string of the molecule is CCCCCCOc1ccc(-c2ccc3c(c2-c2ccc(OCCCCCC)cc2)Cc2ccccc2-3)cc1. The van der Waals surface area contributed by atoms with Crippen LogP contribution < -0.4 is 9.47 Å². The van der Waals surface area contributed by atoms with Gasteiger partial charge in [-0.3, -0.25) is 0 Å². The average Bonchev–Trinajstić information content (AvgIpc) is 3.36. The summed E-state index contributed by atoms with van der Waals surface area (Å²) in [7, 11) is 0. The van der Waals surface area contributed by atoms with Gasteiger partial charge >= 0.3 is 0 Å². The van der Waals surface area contributed by atoms with Crippen molar-refractivity contribution in [1.82, 2.24) is 0 Å². The lowest BCUT2D eigenvalue weighted by Crippen LogP contribution is -1.98. The van der Waals surface area contributed by atoms with Crippen LogP contribution in [0.4, 0.5) is 0 Å². The summed E-state index contributed by atoms with van der Waals surface area (Å²) in [5, 5.41) is 0. The molecule has 0 radical (unpaired) electrons. The highest BCUT2D eigenvalue weighted by Crippen LogP contribution is 2.46. The Kier molecular flexibility index (Phi) is 9.38. The molecular formula is C37H42O2. The summed E-state index contributed by atoms with van der Waals surface area (Å²) in [6.07, 6.45) is 10.7. The number of ether oxygens (including phenoxy) is 2. The van der Waals surface area contributed by atoms with Gasteiger partial charge in [-0.15, -0.1) is 0 Å². The molecule has 2 nitrogen and oxygen atoms in total. The van der Waals surface area contributed by atoms with Gasteiger partial charge in [0.05, 0.1) is 13.2 Å². The van der Waals surface area contributed by atoms with E-state index in [9.17, 15) is 0 Å². The van der Waals surface area contributed by atoms with Gasteiger partial charge in [0.2, 0.25) is 0 Å². The second kappa shape index (κ2) is 13.5. The molecule has 202 valence electrons. The molecule has 1 aliphatic carbocycles. The Labute approximate surface area is 235 Å². The lowest BCUT2D eigenvalue weighted by Gasteiger charge is -2.17. The van der Waals surface area contributed by atoms with E-state index >= 15 is 0 Å². The number of unbranched alkanes of at least 4 members (excludes halogenated alkanes) is 6. The highest BCUT2D eigenvalue weighted by atomic mass is 16.5. The monoisotopic (exact) mass is 518 g/mol. The molecule has 0 aromatic heterocycles. The van der Waals surface area contributed by atoms with Gasteiger partial charge in [0.1, 0.15) is 11.5 Å². The van der Waals surface area contributed by atoms with E-state index in [-0.39, 0.29) is 0 Å². The van der Waals surface area contributed by atoms with Gasteiger partial charge in [-0.1, -0.05) is 113 Å². The fourth-order valence-corrected chi connectivity index (χ4v) is 5.67. The van der Waals surface area contributed by atoms with E-state index in [1.807, 2.05) is 0 Å². The van der Waals surface area contributed by atoms with Gasteiger partial charge in [-0.2, -0.15) is 0 Å². The van der Waals surface area contributed by atoms with Crippen LogP contribution in [0.15, 0.2) is 84.9 Å². The van der Waals surface area contributed by atoms with Crippen LogP contribution in [0.5, 0.6) is 11.5 Å². The Morgan fingerprint density at radius 3 is 1.69 bits per heavy atom. The van der Waals surface area contributed by atoms with Crippen molar-refractivity contribution < 1.29 is 9.47 Å². The van der Waals surface area contributed by atoms with Crippen molar-refractivity contribution in [2.24, 2.45) is 0 Å². The lowest BCUT2D eigenvalue weighted by molar-refractivity contribution is 0.305. The Bertz CT molecular complexity index is 1340. The minimum absolute atomic E-state index is 0.785. The quantitative estimate of drug-likeness (QED) is 0.136. The predicted molar refractivity (Wildman–Crippen MR) is 165 cm³/mol. The maximum Gasteiger partial charge on any atom is 0.119 e. The minimum atomic E-state index is 0.785. The Morgan fingerprint density at radius 2 is 1.08 bits per heavy atom. The molecule has 39 heavy (non-hydrogen) atoms. The fourth-order valence-electron chi connectivity index (χ4n) is 5.67. The van der Waals surface area contributed by atoms with Crippen LogP contribution in [-0.2, 0) is 6.42 Å². The largest absolute Gasteiger partial charge is 0.494 e. The molecule has 0 aliphatic heterocycles. The van der Waals surface area contributed by atoms with E-state index in [2.05, 4.69) is 98.8 Å². The summed E-state index contributed by atoms with van der Waals surface area (Å²) in [6, 6.07) is 30.8. The predicted octanol–water partition coefficient (Wildman–Crippen LogP) is 10.5. The fraction of sp³-hybridized carbons (Fsp3) is 0.351. The molecule has 1 aliphatic rings. The smallest absolute Gasteiger partial charge is 0.119 e. The molecule has 0 saturated heterocycles. The minimum Gasteiger partial charge on any atom is -0.494 e. The van der Waals surface area contributed by atoms with E-state index in [1.165, 1.54) is 83.0 Å². The number of benzene rings is 4. The number of hydrogen-bond donors (Lipinski definition) is 0. The van der Waals surface area contributed by atoms with Crippen LogP contribution in [0.25, 0.3) is 33.4 Å². The summed E-state index contributed by atoms with van der Waals surface area (Å²) in [5.74, 6) is 1.90. The topological polar surface area (TPSA) is 18.5 Å². The Balaban J connectivity index is 1.41. The first-order chi connectivity index (χ1) is 19.3. The number of hydrogen-bond acceptors (Lipinski definition) is 2. The van der Waals surface area contributed by atoms with E-state index in [4.69, 9.17) is 9.47 Å². The third-order valence-electron chi connectivity index (χ3n) is 7.83. The summed E-state index contributed by atoms with van der Waals surface area (Å²) in [4.78, 5) is 0. The first-order valence-corrected chi connectivity index (χ1v) is 15.0. The molecule has 0 N–H and O–H groups in total. The van der Waals surface area contributed by atoms with Crippen molar-refractivity contribution in [3.63, 3.8) is 0 Å². The number of rotatable bonds is 14. The summed E-state index contributed by atoms with van der Waals surface area (Å²) in [6.45, 7) is 6.05. The van der Waals surface area contributed by atoms with Crippen molar-refractivity contribution in [2.75, 3.05) is 13.2 Å². The molecule has 0 amide bonds. The van der Waals surface area contributed by atoms with Crippen molar-refractivity contribution in [3.05, 3.63) is 96.1 Å². The maximum absolute atomic E-state index is 6.05. The molecule has 0 spiro atoms. The summed E-state index contributed by atoms with van der Waals surface area (Å²) < 4.78 is 12.1. The summed E-state index contributed by atoms with van der Waals surface area (Å²) >= 11 is 0. The molecule has 0 saturated carbocycles. The maximum atomic E-state index is 6.05. The summed E-state index contributed by atoms with van der Waals surface area (Å²) in [5.41, 5.74) is 10.6. The Morgan fingerprint density at radius 1 is 0.513 bits per heavy atom. The molecule has 0 fully saturated rings. The highest BCUT2D eigenvalue weighted by Gasteiger charge is 2.24. The van der Waals surface area contributed by atoms with Gasteiger partial charge < -0.3 is 9.47 Å². The Hall–Kier alpha value is -3.52. The first-order valence-electron chi connectivity index (χ1n) is 15.0. The zero-order valence-electron chi connectivity index (χ0n) is 23.7. The molecule has 4 aromatic carbocycles. The molecule has 4 aromatic rings. The van der Waals surface area contributed by atoms with Gasteiger partial charge in [0.25, 0.3) is 0 Å². The normalized spacial score (nSPS) is 11.7. The first kappa shape index (κ1) is 27.1. The van der Waals surface area contributed by atoms with Gasteiger partial charge in [-0.25, -0.2) is 0 Å².